The van der Waals surface area contributed by atoms with Crippen LogP contribution in [0, 0.1) is 0 Å². The predicted octanol–water partition coefficient (Wildman–Crippen LogP) is 0.612. The van der Waals surface area contributed by atoms with E-state index in [0.717, 1.165) is 0 Å². The first-order valence-corrected chi connectivity index (χ1v) is 9.22. The van der Waals surface area contributed by atoms with Gasteiger partial charge in [-0.25, -0.2) is 22.0 Å². The number of hydrogen-bond acceptors (Lipinski definition) is 6. The van der Waals surface area contributed by atoms with Crippen molar-refractivity contribution in [3.8, 4) is 0 Å². The highest BCUT2D eigenvalue weighted by atomic mass is 32.3. The van der Waals surface area contributed by atoms with Gasteiger partial charge in [-0.15, -0.1) is 11.3 Å². The molecule has 0 radical (unpaired) electrons. The fraction of sp³-hybridized carbons (Fsp3) is 0.600. The molecule has 1 aromatic rings. The van der Waals surface area contributed by atoms with Crippen LogP contribution in [0.1, 0.15) is 38.6 Å². The highest BCUT2D eigenvalue weighted by Gasteiger charge is 2.39. The molecule has 1 aliphatic rings. The standard InChI is InChI=1S/C10H16N2O4S3/c1-3-12-8-4-6(2)18(13,14)10-7(8)5-9(17-10)19(11,15)16/h5-6,8,12H,3-4H2,1-2H3,(H2,11,15,16)/t6-,8-/m0/s1/i2D3,5D,8D. The Morgan fingerprint density at radius 1 is 1.74 bits per heavy atom. The number of thiophene rings is 1. The van der Waals surface area contributed by atoms with Gasteiger partial charge in [0, 0.05) is 15.7 Å². The Kier molecular flexibility index (Phi) is 2.39. The average Bonchev–Trinajstić information content (AvgIpc) is 2.73. The minimum atomic E-state index is -4.44. The molecule has 0 saturated heterocycles. The summed E-state index contributed by atoms with van der Waals surface area (Å²) < 4.78 is 86.1. The van der Waals surface area contributed by atoms with Crippen molar-refractivity contribution in [3.05, 3.63) is 11.6 Å². The lowest BCUT2D eigenvalue weighted by Crippen LogP contribution is -2.33. The van der Waals surface area contributed by atoms with Crippen LogP contribution in [-0.4, -0.2) is 28.6 Å². The minimum Gasteiger partial charge on any atom is -0.310 e. The van der Waals surface area contributed by atoms with Crippen molar-refractivity contribution >= 4 is 31.2 Å². The largest absolute Gasteiger partial charge is 0.310 e. The van der Waals surface area contributed by atoms with Crippen molar-refractivity contribution in [2.75, 3.05) is 6.54 Å². The van der Waals surface area contributed by atoms with Crippen LogP contribution in [0.25, 0.3) is 0 Å². The molecule has 9 heteroatoms. The number of sulfonamides is 1. The molecule has 0 amide bonds. The molecule has 0 aromatic carbocycles. The van der Waals surface area contributed by atoms with Gasteiger partial charge in [0.1, 0.15) is 8.42 Å². The Labute approximate surface area is 124 Å². The predicted molar refractivity (Wildman–Crippen MR) is 73.4 cm³/mol. The lowest BCUT2D eigenvalue weighted by molar-refractivity contribution is 0.477. The van der Waals surface area contributed by atoms with E-state index in [1.54, 1.807) is 6.92 Å². The lowest BCUT2D eigenvalue weighted by Gasteiger charge is -2.27. The molecule has 1 aromatic heterocycles. The van der Waals surface area contributed by atoms with Gasteiger partial charge in [0.05, 0.1) is 7.99 Å². The fourth-order valence-electron chi connectivity index (χ4n) is 1.74. The first-order valence-electron chi connectivity index (χ1n) is 7.82. The summed E-state index contributed by atoms with van der Waals surface area (Å²) in [5.41, 5.74) is -0.362. The summed E-state index contributed by atoms with van der Waals surface area (Å²) in [6.45, 7) is -1.08. The molecule has 6 nitrogen and oxygen atoms in total. The van der Waals surface area contributed by atoms with Gasteiger partial charge < -0.3 is 5.32 Å². The summed E-state index contributed by atoms with van der Waals surface area (Å²) in [5, 5.41) is 5.81. The van der Waals surface area contributed by atoms with Crippen LogP contribution in [0.5, 0.6) is 0 Å². The Hall–Kier alpha value is -0.480. The molecule has 2 rings (SSSR count). The van der Waals surface area contributed by atoms with E-state index in [-0.39, 0.29) is 23.4 Å². The summed E-state index contributed by atoms with van der Waals surface area (Å²) in [6, 6.07) is -2.59. The molecule has 2 atom stereocenters. The number of hydrogen-bond donors (Lipinski definition) is 2. The lowest BCUT2D eigenvalue weighted by atomic mass is 10.1. The third-order valence-electron chi connectivity index (χ3n) is 2.59. The van der Waals surface area contributed by atoms with Crippen molar-refractivity contribution in [2.24, 2.45) is 5.14 Å². The van der Waals surface area contributed by atoms with Crippen LogP contribution in [0.3, 0.4) is 0 Å². The molecule has 108 valence electrons. The van der Waals surface area contributed by atoms with Crippen LogP contribution in [-0.2, 0) is 19.9 Å². The highest BCUT2D eigenvalue weighted by molar-refractivity contribution is 7.95. The molecule has 3 N–H and O–H groups in total. The van der Waals surface area contributed by atoms with E-state index in [9.17, 15) is 16.8 Å². The number of sulfone groups is 1. The van der Waals surface area contributed by atoms with Gasteiger partial charge in [0.15, 0.2) is 9.84 Å². The maximum Gasteiger partial charge on any atom is 0.247 e. The zero-order valence-electron chi connectivity index (χ0n) is 14.9. The van der Waals surface area contributed by atoms with E-state index in [0.29, 0.717) is 0 Å². The van der Waals surface area contributed by atoms with Gasteiger partial charge in [-0.2, -0.15) is 0 Å². The van der Waals surface area contributed by atoms with Crippen molar-refractivity contribution in [1.82, 2.24) is 5.32 Å². The van der Waals surface area contributed by atoms with Crippen molar-refractivity contribution in [1.29, 1.82) is 0 Å². The monoisotopic (exact) mass is 329 g/mol. The van der Waals surface area contributed by atoms with E-state index >= 15 is 0 Å². The van der Waals surface area contributed by atoms with Crippen LogP contribution >= 0.6 is 11.3 Å². The first-order chi connectivity index (χ1) is 10.7. The first kappa shape index (κ1) is 9.46. The van der Waals surface area contributed by atoms with Crippen molar-refractivity contribution in [2.45, 2.75) is 39.9 Å². The molecule has 0 bridgehead atoms. The van der Waals surface area contributed by atoms with Crippen LogP contribution in [0.15, 0.2) is 14.5 Å². The molecule has 0 unspecified atom stereocenters. The Balaban J connectivity index is 2.89. The summed E-state index contributed by atoms with van der Waals surface area (Å²) >= 11 is 0.225. The molecule has 0 aliphatic carbocycles. The maximum absolute atomic E-state index is 12.7. The highest BCUT2D eigenvalue weighted by Crippen LogP contribution is 2.42. The van der Waals surface area contributed by atoms with E-state index in [1.165, 1.54) is 0 Å². The average molecular weight is 329 g/mol. The molecule has 0 saturated carbocycles. The third-order valence-corrected chi connectivity index (χ3v) is 7.42. The smallest absolute Gasteiger partial charge is 0.247 e. The second-order valence-corrected chi connectivity index (χ2v) is 9.07. The molecular weight excluding hydrogens is 308 g/mol. The summed E-state index contributed by atoms with van der Waals surface area (Å²) in [7, 11) is -8.82. The number of rotatable bonds is 3. The topological polar surface area (TPSA) is 106 Å². The molecule has 1 aliphatic heterocycles. The van der Waals surface area contributed by atoms with Crippen LogP contribution < -0.4 is 10.5 Å². The third kappa shape index (κ3) is 2.57. The summed E-state index contributed by atoms with van der Waals surface area (Å²) in [4.78, 5) is 0. The summed E-state index contributed by atoms with van der Waals surface area (Å²) in [5.74, 6) is 0. The molecule has 19 heavy (non-hydrogen) atoms. The zero-order chi connectivity index (χ0) is 18.7. The molecular formula is C10H16N2O4S3. The normalized spacial score (nSPS) is 34.4. The summed E-state index contributed by atoms with van der Waals surface area (Å²) in [6.07, 6.45) is -0.626. The van der Waals surface area contributed by atoms with Crippen molar-refractivity contribution < 1.29 is 23.7 Å². The Morgan fingerprint density at radius 2 is 2.42 bits per heavy atom. The minimum absolute atomic E-state index is 0.191. The zero-order valence-corrected chi connectivity index (χ0v) is 12.4. The molecule has 2 heterocycles. The van der Waals surface area contributed by atoms with Gasteiger partial charge in [-0.3, -0.25) is 0 Å². The van der Waals surface area contributed by atoms with Crippen LogP contribution in [0.2, 0.25) is 0 Å². The van der Waals surface area contributed by atoms with Gasteiger partial charge in [0.2, 0.25) is 10.0 Å². The number of nitrogens with one attached hydrogen (secondary N) is 1. The Morgan fingerprint density at radius 3 is 2.95 bits per heavy atom. The second-order valence-electron chi connectivity index (χ2n) is 3.97. The van der Waals surface area contributed by atoms with Gasteiger partial charge in [0.25, 0.3) is 0 Å². The van der Waals surface area contributed by atoms with E-state index in [4.69, 9.17) is 12.0 Å². The number of nitrogens with two attached hydrogens (primary N) is 1. The number of fused-ring (bicyclic) bond motifs is 1. The maximum atomic E-state index is 12.7. The Bertz CT molecular complexity index is 877. The second kappa shape index (κ2) is 4.81. The van der Waals surface area contributed by atoms with Gasteiger partial charge in [-0.1, -0.05) is 6.92 Å². The fourth-order valence-corrected chi connectivity index (χ4v) is 5.62. The van der Waals surface area contributed by atoms with E-state index < -0.39 is 58.9 Å². The quantitative estimate of drug-likeness (QED) is 0.845. The number of primary sulfonamides is 1. The molecule has 0 fully saturated rings. The molecule has 0 spiro atoms. The van der Waals surface area contributed by atoms with E-state index in [2.05, 4.69) is 5.32 Å². The van der Waals surface area contributed by atoms with Crippen LogP contribution in [0.4, 0.5) is 0 Å². The van der Waals surface area contributed by atoms with Crippen molar-refractivity contribution in [3.63, 3.8) is 0 Å². The van der Waals surface area contributed by atoms with E-state index in [1.807, 2.05) is 0 Å². The van der Waals surface area contributed by atoms with Gasteiger partial charge in [-0.05, 0) is 25.9 Å². The van der Waals surface area contributed by atoms with Gasteiger partial charge >= 0.3 is 0 Å². The SMILES string of the molecule is [2H]c1c(S(N)(=O)=O)sc2c1[C@@]([2H])(NCC)C[C@H](C([2H])([2H])[2H])S2(=O)=O.